The molecule has 49 heavy (non-hydrogen) atoms. The van der Waals surface area contributed by atoms with Crippen molar-refractivity contribution in [3.63, 3.8) is 0 Å². The van der Waals surface area contributed by atoms with Crippen molar-refractivity contribution in [1.29, 1.82) is 0 Å². The maximum absolute atomic E-state index is 13.1. The number of hydrogen-bond acceptors (Lipinski definition) is 9. The molecular formula is C31H36ClF3N6O7S. The Labute approximate surface area is 285 Å². The van der Waals surface area contributed by atoms with Crippen molar-refractivity contribution in [3.8, 4) is 17.6 Å². The van der Waals surface area contributed by atoms with E-state index in [4.69, 9.17) is 21.1 Å². The third kappa shape index (κ3) is 8.73. The van der Waals surface area contributed by atoms with Crippen molar-refractivity contribution >= 4 is 33.6 Å². The van der Waals surface area contributed by atoms with Crippen molar-refractivity contribution in [2.45, 2.75) is 69.6 Å². The highest BCUT2D eigenvalue weighted by Gasteiger charge is 2.55. The average Bonchev–Trinajstić information content (AvgIpc) is 3.53. The highest BCUT2D eigenvalue weighted by Crippen LogP contribution is 2.51. The van der Waals surface area contributed by atoms with Gasteiger partial charge in [-0.3, -0.25) is 4.79 Å². The van der Waals surface area contributed by atoms with Gasteiger partial charge in [0.2, 0.25) is 11.8 Å². The number of ether oxygens (including phenoxy) is 2. The Balaban J connectivity index is 1.14. The van der Waals surface area contributed by atoms with Crippen LogP contribution in [-0.2, 0) is 10.0 Å². The molecule has 0 radical (unpaired) electrons. The van der Waals surface area contributed by atoms with Crippen LogP contribution in [0.5, 0.6) is 11.8 Å². The van der Waals surface area contributed by atoms with Gasteiger partial charge in [-0.15, -0.1) is 5.10 Å². The highest BCUT2D eigenvalue weighted by atomic mass is 35.5. The van der Waals surface area contributed by atoms with Crippen molar-refractivity contribution in [2.24, 2.45) is 17.8 Å². The molecule has 0 aromatic carbocycles. The van der Waals surface area contributed by atoms with Crippen LogP contribution in [0.1, 0.15) is 61.9 Å². The molecule has 2 amide bonds. The summed E-state index contributed by atoms with van der Waals surface area (Å²) in [5.74, 6) is -2.19. The number of carbonyl (C=O) groups excluding carboxylic acids is 1. The highest BCUT2D eigenvalue weighted by molar-refractivity contribution is 7.90. The first-order valence-corrected chi connectivity index (χ1v) is 17.4. The van der Waals surface area contributed by atoms with Crippen LogP contribution >= 0.6 is 11.6 Å². The van der Waals surface area contributed by atoms with Crippen molar-refractivity contribution in [2.75, 3.05) is 19.8 Å². The van der Waals surface area contributed by atoms with E-state index in [1.54, 1.807) is 6.92 Å². The Morgan fingerprint density at radius 1 is 1.10 bits per heavy atom. The quantitative estimate of drug-likeness (QED) is 0.166. The van der Waals surface area contributed by atoms with Crippen molar-refractivity contribution < 1.29 is 45.8 Å². The van der Waals surface area contributed by atoms with E-state index in [-0.39, 0.29) is 60.3 Å². The molecule has 1 aliphatic heterocycles. The van der Waals surface area contributed by atoms with Crippen LogP contribution in [0.15, 0.2) is 41.6 Å². The monoisotopic (exact) mass is 728 g/mol. The Hall–Kier alpha value is -4.12. The number of carboxylic acid groups (broad SMARTS) is 1. The third-order valence-corrected chi connectivity index (χ3v) is 10.2. The van der Waals surface area contributed by atoms with E-state index >= 15 is 0 Å². The molecule has 2 aliphatic rings. The second kappa shape index (κ2) is 14.0. The summed E-state index contributed by atoms with van der Waals surface area (Å²) in [7, 11) is -4.45. The zero-order chi connectivity index (χ0) is 35.7. The summed E-state index contributed by atoms with van der Waals surface area (Å²) in [6.07, 6.45) is -1.26. The van der Waals surface area contributed by atoms with Gasteiger partial charge in [-0.2, -0.15) is 26.6 Å². The minimum atomic E-state index is -4.45. The SMILES string of the molecule is Cc1ccc(S(=O)(=O)NC(=O)c2ccc(-n3ccc(OCCC4CC4C(F)(F)F)n3)nc2Cl)nc1OCCC[C@@H]1CN(C(=O)O)C(C)(C)C1. The van der Waals surface area contributed by atoms with Crippen LogP contribution in [0.25, 0.3) is 5.82 Å². The molecule has 3 aromatic heterocycles. The van der Waals surface area contributed by atoms with E-state index in [1.807, 2.05) is 18.6 Å². The smallest absolute Gasteiger partial charge is 0.407 e. The van der Waals surface area contributed by atoms with Crippen LogP contribution in [0.4, 0.5) is 18.0 Å². The number of nitrogens with one attached hydrogen (secondary N) is 1. The number of amides is 2. The maximum Gasteiger partial charge on any atom is 0.407 e. The largest absolute Gasteiger partial charge is 0.477 e. The van der Waals surface area contributed by atoms with Crippen LogP contribution in [0.3, 0.4) is 0 Å². The molecule has 3 aromatic rings. The van der Waals surface area contributed by atoms with Crippen molar-refractivity contribution in [1.82, 2.24) is 29.4 Å². The molecule has 266 valence electrons. The summed E-state index contributed by atoms with van der Waals surface area (Å²) in [5.41, 5.74) is -0.0996. The van der Waals surface area contributed by atoms with Crippen LogP contribution in [0.2, 0.25) is 5.15 Å². The van der Waals surface area contributed by atoms with Gasteiger partial charge < -0.3 is 19.5 Å². The topological polar surface area (TPSA) is 166 Å². The fourth-order valence-corrected chi connectivity index (χ4v) is 7.14. The average molecular weight is 729 g/mol. The number of nitrogens with zero attached hydrogens (tertiary/aromatic N) is 5. The molecule has 5 rings (SSSR count). The second-order valence-electron chi connectivity index (χ2n) is 12.9. The molecule has 2 N–H and O–H groups in total. The Bertz CT molecular complexity index is 1820. The number of halogens is 4. The number of alkyl halides is 3. The lowest BCUT2D eigenvalue weighted by molar-refractivity contribution is -0.151. The lowest BCUT2D eigenvalue weighted by Crippen LogP contribution is -2.41. The van der Waals surface area contributed by atoms with Gasteiger partial charge in [0.25, 0.3) is 15.9 Å². The summed E-state index contributed by atoms with van der Waals surface area (Å²) in [4.78, 5) is 34.1. The summed E-state index contributed by atoms with van der Waals surface area (Å²) >= 11 is 6.24. The number of carbonyl (C=O) groups is 2. The predicted molar refractivity (Wildman–Crippen MR) is 169 cm³/mol. The lowest BCUT2D eigenvalue weighted by atomic mass is 9.93. The zero-order valence-electron chi connectivity index (χ0n) is 26.9. The zero-order valence-corrected chi connectivity index (χ0v) is 28.5. The number of aryl methyl sites for hydroxylation is 1. The van der Waals surface area contributed by atoms with Gasteiger partial charge in [-0.25, -0.2) is 19.2 Å². The van der Waals surface area contributed by atoms with Gasteiger partial charge >= 0.3 is 12.3 Å². The van der Waals surface area contributed by atoms with E-state index < -0.39 is 50.6 Å². The van der Waals surface area contributed by atoms with Gasteiger partial charge in [-0.05, 0) is 82.9 Å². The minimum Gasteiger partial charge on any atom is -0.477 e. The fraction of sp³-hybridized carbons (Fsp3) is 0.516. The number of rotatable bonds is 13. The molecule has 1 aliphatic carbocycles. The molecule has 3 atom stereocenters. The Kier molecular flexibility index (Phi) is 10.3. The standard InChI is InChI=1S/C31H36ClF3N6O7S/c1-18-6-9-25(37-28(18)48-13-4-5-19-16-30(2,3)40(17-19)29(43)44)49(45,46)39-27(42)21-7-8-23(36-26(21)32)41-12-10-24(38-41)47-14-11-20-15-22(20)31(33,34)35/h6-10,12,19-20,22H,4-5,11,13-17H2,1-3H3,(H,39,42)(H,43,44)/t19-,20?,22?/m0/s1. The summed E-state index contributed by atoms with van der Waals surface area (Å²) in [5, 5.41) is 12.8. The maximum atomic E-state index is 13.1. The van der Waals surface area contributed by atoms with Crippen LogP contribution < -0.4 is 14.2 Å². The normalized spacial score (nSPS) is 20.2. The lowest BCUT2D eigenvalue weighted by Gasteiger charge is -2.28. The van der Waals surface area contributed by atoms with Gasteiger partial charge in [0.05, 0.1) is 24.7 Å². The van der Waals surface area contributed by atoms with E-state index in [9.17, 15) is 36.3 Å². The molecular weight excluding hydrogens is 693 g/mol. The minimum absolute atomic E-state index is 0.0632. The predicted octanol–water partition coefficient (Wildman–Crippen LogP) is 5.65. The molecule has 13 nitrogen and oxygen atoms in total. The molecule has 0 spiro atoms. The first-order chi connectivity index (χ1) is 22.9. The van der Waals surface area contributed by atoms with Gasteiger partial charge in [-0.1, -0.05) is 17.7 Å². The summed E-state index contributed by atoms with van der Waals surface area (Å²) in [6.45, 7) is 6.22. The number of likely N-dealkylation sites (tertiary alicyclic amines) is 1. The molecule has 2 fully saturated rings. The van der Waals surface area contributed by atoms with Gasteiger partial charge in [0.1, 0.15) is 5.15 Å². The summed E-state index contributed by atoms with van der Waals surface area (Å²) in [6, 6.07) is 6.87. The van der Waals surface area contributed by atoms with E-state index in [0.29, 0.717) is 18.5 Å². The number of sulfonamides is 1. The molecule has 2 unspecified atom stereocenters. The molecule has 1 saturated heterocycles. The van der Waals surface area contributed by atoms with Crippen LogP contribution in [0, 0.1) is 24.7 Å². The third-order valence-electron chi connectivity index (χ3n) is 8.67. The number of aromatic nitrogens is 4. The van der Waals surface area contributed by atoms with Crippen molar-refractivity contribution in [3.05, 3.63) is 52.8 Å². The first-order valence-electron chi connectivity index (χ1n) is 15.5. The van der Waals surface area contributed by atoms with E-state index in [1.165, 1.54) is 46.1 Å². The number of pyridine rings is 2. The Morgan fingerprint density at radius 3 is 2.51 bits per heavy atom. The first kappa shape index (κ1) is 36.2. The van der Waals surface area contributed by atoms with Gasteiger partial charge in [0, 0.05) is 29.9 Å². The van der Waals surface area contributed by atoms with Gasteiger partial charge in [0.15, 0.2) is 10.8 Å². The number of hydrogen-bond donors (Lipinski definition) is 2. The van der Waals surface area contributed by atoms with Crippen LogP contribution in [-0.4, -0.2) is 81.6 Å². The van der Waals surface area contributed by atoms with E-state index in [2.05, 4.69) is 15.1 Å². The van der Waals surface area contributed by atoms with E-state index in [0.717, 1.165) is 12.8 Å². The molecule has 1 saturated carbocycles. The molecule has 4 heterocycles. The Morgan fingerprint density at radius 2 is 1.86 bits per heavy atom. The molecule has 18 heteroatoms. The fourth-order valence-electron chi connectivity index (χ4n) is 5.99. The molecule has 0 bridgehead atoms. The summed E-state index contributed by atoms with van der Waals surface area (Å²) < 4.78 is 78.7. The second-order valence-corrected chi connectivity index (χ2v) is 14.8.